The van der Waals surface area contributed by atoms with Crippen molar-refractivity contribution in [2.24, 2.45) is 23.7 Å². The Kier molecular flexibility index (Phi) is 11.5. The van der Waals surface area contributed by atoms with Crippen LogP contribution in [0.3, 0.4) is 0 Å². The fourth-order valence-corrected chi connectivity index (χ4v) is 4.85. The van der Waals surface area contributed by atoms with E-state index >= 15 is 0 Å². The molecule has 49 heavy (non-hydrogen) atoms. The molecule has 1 fully saturated rings. The Labute approximate surface area is 284 Å². The molecule has 1 aromatic carbocycles. The Bertz CT molecular complexity index is 1740. The van der Waals surface area contributed by atoms with Gasteiger partial charge in [0.2, 0.25) is 11.9 Å². The number of aromatic nitrogens is 4. The maximum absolute atomic E-state index is 13.5. The van der Waals surface area contributed by atoms with Gasteiger partial charge in [0.15, 0.2) is 29.6 Å². The highest BCUT2D eigenvalue weighted by molar-refractivity contribution is 5.91. The number of hydrogen-bond acceptors (Lipinski definition) is 12. The maximum atomic E-state index is 13.5. The van der Waals surface area contributed by atoms with E-state index in [1.54, 1.807) is 67.5 Å². The lowest BCUT2D eigenvalue weighted by molar-refractivity contribution is -0.173. The van der Waals surface area contributed by atoms with Gasteiger partial charge in [0.25, 0.3) is 5.56 Å². The van der Waals surface area contributed by atoms with Gasteiger partial charge in [0, 0.05) is 31.3 Å². The summed E-state index contributed by atoms with van der Waals surface area (Å²) >= 11 is 0. The van der Waals surface area contributed by atoms with Gasteiger partial charge in [-0.25, -0.2) is 4.98 Å². The van der Waals surface area contributed by atoms with E-state index in [1.165, 1.54) is 4.57 Å². The molecule has 1 amide bonds. The summed E-state index contributed by atoms with van der Waals surface area (Å²) < 4.78 is 25.4. The lowest BCUT2D eigenvalue weighted by Gasteiger charge is -2.26. The zero-order valence-electron chi connectivity index (χ0n) is 29.6. The van der Waals surface area contributed by atoms with Gasteiger partial charge >= 0.3 is 17.9 Å². The molecule has 15 heteroatoms. The van der Waals surface area contributed by atoms with Crippen LogP contribution in [0.1, 0.15) is 61.6 Å². The number of carbonyl (C=O) groups excluding carboxylic acids is 4. The second kappa shape index (κ2) is 15.2. The van der Waals surface area contributed by atoms with Gasteiger partial charge in [-0.3, -0.25) is 38.8 Å². The summed E-state index contributed by atoms with van der Waals surface area (Å²) in [4.78, 5) is 78.5. The van der Waals surface area contributed by atoms with Crippen molar-refractivity contribution in [2.45, 2.75) is 79.9 Å². The first kappa shape index (κ1) is 37.0. The van der Waals surface area contributed by atoms with Crippen LogP contribution in [0.4, 0.5) is 11.6 Å². The van der Waals surface area contributed by atoms with Crippen molar-refractivity contribution in [3.8, 4) is 11.4 Å². The van der Waals surface area contributed by atoms with Gasteiger partial charge in [-0.2, -0.15) is 4.98 Å². The molecule has 0 radical (unpaired) electrons. The summed E-state index contributed by atoms with van der Waals surface area (Å²) in [5.41, 5.74) is 0.720. The number of nitrogens with one attached hydrogen (secondary N) is 2. The molecule has 3 aromatic rings. The molecule has 0 saturated carbocycles. The first-order valence-corrected chi connectivity index (χ1v) is 16.3. The number of esters is 3. The molecule has 1 aliphatic rings. The van der Waals surface area contributed by atoms with Crippen molar-refractivity contribution in [3.05, 3.63) is 34.6 Å². The van der Waals surface area contributed by atoms with E-state index in [9.17, 15) is 24.0 Å². The summed E-state index contributed by atoms with van der Waals surface area (Å²) in [6, 6.07) is 7.31. The molecule has 4 rings (SSSR count). The maximum Gasteiger partial charge on any atom is 0.308 e. The van der Waals surface area contributed by atoms with Crippen LogP contribution in [-0.2, 0) is 38.1 Å². The minimum Gasteiger partial charge on any atom is -0.463 e. The Morgan fingerprint density at radius 1 is 0.857 bits per heavy atom. The van der Waals surface area contributed by atoms with Crippen molar-refractivity contribution in [1.29, 1.82) is 0 Å². The summed E-state index contributed by atoms with van der Waals surface area (Å²) in [5, 5.41) is 2.61. The largest absolute Gasteiger partial charge is 0.463 e. The monoisotopic (exact) mass is 682 g/mol. The Hall–Kier alpha value is -4.79. The first-order chi connectivity index (χ1) is 23.0. The van der Waals surface area contributed by atoms with Crippen LogP contribution in [0.2, 0.25) is 0 Å². The summed E-state index contributed by atoms with van der Waals surface area (Å²) in [5.74, 6) is -4.01. The van der Waals surface area contributed by atoms with Gasteiger partial charge in [-0.15, -0.1) is 0 Å². The summed E-state index contributed by atoms with van der Waals surface area (Å²) in [6.45, 7) is 13.0. The van der Waals surface area contributed by atoms with Crippen molar-refractivity contribution in [3.63, 3.8) is 0 Å². The van der Waals surface area contributed by atoms with E-state index in [4.69, 9.17) is 18.9 Å². The average Bonchev–Trinajstić information content (AvgIpc) is 3.57. The van der Waals surface area contributed by atoms with Crippen LogP contribution in [0, 0.1) is 23.7 Å². The molecule has 2 aromatic heterocycles. The number of benzene rings is 1. The molecule has 0 spiro atoms. The van der Waals surface area contributed by atoms with Gasteiger partial charge < -0.3 is 23.8 Å². The molecule has 0 bridgehead atoms. The molecule has 15 nitrogen and oxygen atoms in total. The minimum atomic E-state index is -1.30. The van der Waals surface area contributed by atoms with Crippen LogP contribution < -0.4 is 15.8 Å². The smallest absolute Gasteiger partial charge is 0.308 e. The highest BCUT2D eigenvalue weighted by atomic mass is 16.7. The number of ether oxygens (including phenoxy) is 4. The third-order valence-electron chi connectivity index (χ3n) is 7.81. The van der Waals surface area contributed by atoms with Crippen molar-refractivity contribution < 1.29 is 38.1 Å². The van der Waals surface area contributed by atoms with E-state index in [2.05, 4.69) is 20.3 Å². The summed E-state index contributed by atoms with van der Waals surface area (Å²) in [6.07, 6.45) is -4.91. The van der Waals surface area contributed by atoms with Gasteiger partial charge in [0.1, 0.15) is 18.5 Å². The molecule has 266 valence electrons. The van der Waals surface area contributed by atoms with E-state index in [0.29, 0.717) is 5.56 Å². The Morgan fingerprint density at radius 2 is 1.43 bits per heavy atom. The molecule has 4 unspecified atom stereocenters. The van der Waals surface area contributed by atoms with Crippen LogP contribution in [0.15, 0.2) is 29.1 Å². The second-order valence-corrected chi connectivity index (χ2v) is 13.4. The van der Waals surface area contributed by atoms with Crippen LogP contribution in [0.5, 0.6) is 0 Å². The molecular formula is C34H46N6O9. The van der Waals surface area contributed by atoms with Gasteiger partial charge in [0.05, 0.1) is 17.8 Å². The normalized spacial score (nSPS) is 19.1. The number of carbonyl (C=O) groups is 4. The number of rotatable bonds is 12. The molecule has 1 saturated heterocycles. The van der Waals surface area contributed by atoms with Crippen molar-refractivity contribution in [2.75, 3.05) is 30.9 Å². The van der Waals surface area contributed by atoms with Crippen LogP contribution in [0.25, 0.3) is 22.6 Å². The fraction of sp³-hybridized carbons (Fsp3) is 0.559. The SMILES string of the molecule is CC(C)C(=O)Nc1nc2c(nc(-c3ccc(N(C)C)cc3)n2C2OC(COC(=O)C(C)C)C(OC(=O)C(C)C)C2OC(=O)C(C)C)c(=O)[nH]1. The van der Waals surface area contributed by atoms with Gasteiger partial charge in [-0.05, 0) is 24.3 Å². The second-order valence-electron chi connectivity index (χ2n) is 13.4. The first-order valence-electron chi connectivity index (χ1n) is 16.3. The number of amides is 1. The average molecular weight is 683 g/mol. The van der Waals surface area contributed by atoms with E-state index in [0.717, 1.165) is 5.69 Å². The third kappa shape index (κ3) is 8.27. The number of nitrogens with zero attached hydrogens (tertiary/aromatic N) is 4. The van der Waals surface area contributed by atoms with Crippen molar-refractivity contribution >= 4 is 46.6 Å². The fourth-order valence-electron chi connectivity index (χ4n) is 4.85. The lowest BCUT2D eigenvalue weighted by atomic mass is 10.1. The Balaban J connectivity index is 1.98. The molecule has 4 atom stereocenters. The predicted octanol–water partition coefficient (Wildman–Crippen LogP) is 3.68. The molecular weight excluding hydrogens is 636 g/mol. The number of aromatic amines is 1. The molecule has 2 N–H and O–H groups in total. The summed E-state index contributed by atoms with van der Waals surface area (Å²) in [7, 11) is 3.79. The van der Waals surface area contributed by atoms with E-state index < -0.39 is 71.7 Å². The lowest BCUT2D eigenvalue weighted by Crippen LogP contribution is -2.42. The molecule has 0 aliphatic carbocycles. The van der Waals surface area contributed by atoms with E-state index in [1.807, 2.05) is 31.1 Å². The van der Waals surface area contributed by atoms with Gasteiger partial charge in [-0.1, -0.05) is 55.4 Å². The third-order valence-corrected chi connectivity index (χ3v) is 7.81. The standard InChI is InChI=1S/C34H46N6O9/c1-16(2)28(41)37-34-36-27-23(29(42)38-34)35-26(20-11-13-21(14-12-20)39(9)10)40(27)30-25(49-33(45)19(7)8)24(48-32(44)18(5)6)22(47-30)15-46-31(43)17(3)4/h11-14,16-19,22,24-25,30H,15H2,1-10H3,(H2,36,37,38,41,42). The van der Waals surface area contributed by atoms with E-state index in [-0.39, 0.29) is 35.5 Å². The molecule has 3 heterocycles. The number of hydrogen-bond donors (Lipinski definition) is 2. The topological polar surface area (TPSA) is 184 Å². The highest BCUT2D eigenvalue weighted by Crippen LogP contribution is 2.39. The molecule has 1 aliphatic heterocycles. The quantitative estimate of drug-likeness (QED) is 0.209. The minimum absolute atomic E-state index is 0.00107. The van der Waals surface area contributed by atoms with Crippen LogP contribution in [-0.4, -0.2) is 82.3 Å². The number of imidazole rings is 1. The van der Waals surface area contributed by atoms with Crippen LogP contribution >= 0.6 is 0 Å². The predicted molar refractivity (Wildman–Crippen MR) is 181 cm³/mol. The number of anilines is 2. The zero-order valence-corrected chi connectivity index (χ0v) is 29.6. The number of H-pyrrole nitrogens is 1. The highest BCUT2D eigenvalue weighted by Gasteiger charge is 2.52. The zero-order chi connectivity index (χ0) is 36.3. The number of fused-ring (bicyclic) bond motifs is 1. The Morgan fingerprint density at radius 3 is 1.96 bits per heavy atom. The van der Waals surface area contributed by atoms with Crippen molar-refractivity contribution in [1.82, 2.24) is 19.5 Å².